The number of morpholine rings is 1. The van der Waals surface area contributed by atoms with Crippen molar-refractivity contribution in [3.05, 3.63) is 0 Å². The van der Waals surface area contributed by atoms with E-state index < -0.39 is 0 Å². The standard InChI is InChI=1S/C9H19N3O2/c1-7(5-9(10)11-13)12-3-4-14-8(2)6-12/h7-8,13H,3-6H2,1-2H3,(H2,10,11). The van der Waals surface area contributed by atoms with E-state index in [1.54, 1.807) is 0 Å². The van der Waals surface area contributed by atoms with E-state index in [-0.39, 0.29) is 11.9 Å². The lowest BCUT2D eigenvalue weighted by Gasteiger charge is -2.35. The lowest BCUT2D eigenvalue weighted by Crippen LogP contribution is -2.46. The Morgan fingerprint density at radius 1 is 1.79 bits per heavy atom. The molecule has 1 aliphatic heterocycles. The Labute approximate surface area is 84.5 Å². The molecule has 82 valence electrons. The molecule has 2 atom stereocenters. The summed E-state index contributed by atoms with van der Waals surface area (Å²) in [6, 6.07) is 0.303. The lowest BCUT2D eigenvalue weighted by molar-refractivity contribution is -0.0305. The minimum Gasteiger partial charge on any atom is -0.409 e. The van der Waals surface area contributed by atoms with Gasteiger partial charge in [0, 0.05) is 25.6 Å². The van der Waals surface area contributed by atoms with Crippen molar-refractivity contribution in [1.82, 2.24) is 4.90 Å². The molecule has 14 heavy (non-hydrogen) atoms. The minimum atomic E-state index is 0.276. The Morgan fingerprint density at radius 3 is 3.07 bits per heavy atom. The molecule has 1 rings (SSSR count). The zero-order chi connectivity index (χ0) is 10.6. The van der Waals surface area contributed by atoms with Crippen LogP contribution in [-0.2, 0) is 4.74 Å². The SMILES string of the molecule is CC1CN(C(C)C/C(N)=N/O)CCO1. The normalized spacial score (nSPS) is 27.6. The first kappa shape index (κ1) is 11.3. The summed E-state index contributed by atoms with van der Waals surface area (Å²) in [5, 5.41) is 11.4. The minimum absolute atomic E-state index is 0.276. The Balaban J connectivity index is 2.39. The summed E-state index contributed by atoms with van der Waals surface area (Å²) >= 11 is 0. The quantitative estimate of drug-likeness (QED) is 0.297. The smallest absolute Gasteiger partial charge is 0.140 e. The fourth-order valence-corrected chi connectivity index (χ4v) is 1.72. The first-order valence-electron chi connectivity index (χ1n) is 4.95. The fourth-order valence-electron chi connectivity index (χ4n) is 1.72. The largest absolute Gasteiger partial charge is 0.409 e. The van der Waals surface area contributed by atoms with Gasteiger partial charge < -0.3 is 15.7 Å². The molecule has 0 saturated carbocycles. The highest BCUT2D eigenvalue weighted by Gasteiger charge is 2.21. The van der Waals surface area contributed by atoms with Crippen molar-refractivity contribution in [3.63, 3.8) is 0 Å². The van der Waals surface area contributed by atoms with Crippen LogP contribution in [0.15, 0.2) is 5.16 Å². The highest BCUT2D eigenvalue weighted by molar-refractivity contribution is 5.80. The summed E-state index contributed by atoms with van der Waals surface area (Å²) in [4.78, 5) is 2.30. The van der Waals surface area contributed by atoms with E-state index in [0.717, 1.165) is 19.7 Å². The Kier molecular flexibility index (Phi) is 4.16. The molecule has 0 spiro atoms. The average Bonchev–Trinajstić information content (AvgIpc) is 2.17. The Hall–Kier alpha value is -0.810. The molecule has 0 aromatic rings. The number of oxime groups is 1. The van der Waals surface area contributed by atoms with Crippen LogP contribution < -0.4 is 5.73 Å². The molecule has 1 fully saturated rings. The number of nitrogens with zero attached hydrogens (tertiary/aromatic N) is 2. The van der Waals surface area contributed by atoms with Crippen LogP contribution in [0.25, 0.3) is 0 Å². The van der Waals surface area contributed by atoms with E-state index in [1.807, 2.05) is 0 Å². The number of nitrogens with two attached hydrogens (primary N) is 1. The van der Waals surface area contributed by atoms with Gasteiger partial charge >= 0.3 is 0 Å². The second kappa shape index (κ2) is 5.17. The van der Waals surface area contributed by atoms with Crippen LogP contribution in [0, 0.1) is 0 Å². The summed E-state index contributed by atoms with van der Waals surface area (Å²) in [6.45, 7) is 6.74. The molecule has 1 saturated heterocycles. The van der Waals surface area contributed by atoms with E-state index in [2.05, 4.69) is 23.9 Å². The van der Waals surface area contributed by atoms with Gasteiger partial charge in [0.25, 0.3) is 0 Å². The molecule has 0 aliphatic carbocycles. The van der Waals surface area contributed by atoms with Crippen LogP contribution in [0.4, 0.5) is 0 Å². The van der Waals surface area contributed by atoms with Gasteiger partial charge in [-0.15, -0.1) is 0 Å². The van der Waals surface area contributed by atoms with Crippen molar-refractivity contribution in [2.45, 2.75) is 32.4 Å². The predicted molar refractivity (Wildman–Crippen MR) is 54.5 cm³/mol. The monoisotopic (exact) mass is 201 g/mol. The van der Waals surface area contributed by atoms with Gasteiger partial charge in [-0.1, -0.05) is 5.16 Å². The predicted octanol–water partition coefficient (Wildman–Crippen LogP) is 0.232. The van der Waals surface area contributed by atoms with Crippen molar-refractivity contribution in [2.75, 3.05) is 19.7 Å². The molecule has 0 aromatic carbocycles. The van der Waals surface area contributed by atoms with Crippen molar-refractivity contribution in [2.24, 2.45) is 10.9 Å². The second-order valence-electron chi connectivity index (χ2n) is 3.82. The molecule has 1 aliphatic rings. The molecule has 2 unspecified atom stereocenters. The molecule has 0 radical (unpaired) electrons. The molecule has 5 nitrogen and oxygen atoms in total. The van der Waals surface area contributed by atoms with E-state index in [9.17, 15) is 0 Å². The van der Waals surface area contributed by atoms with Crippen LogP contribution in [0.5, 0.6) is 0 Å². The topological polar surface area (TPSA) is 71.1 Å². The summed E-state index contributed by atoms with van der Waals surface area (Å²) in [7, 11) is 0. The third kappa shape index (κ3) is 3.16. The zero-order valence-corrected chi connectivity index (χ0v) is 8.81. The fraction of sp³-hybridized carbons (Fsp3) is 0.889. The number of hydrogen-bond acceptors (Lipinski definition) is 4. The number of hydrogen-bond donors (Lipinski definition) is 2. The average molecular weight is 201 g/mol. The van der Waals surface area contributed by atoms with Gasteiger partial charge in [-0.05, 0) is 13.8 Å². The van der Waals surface area contributed by atoms with E-state index >= 15 is 0 Å². The van der Waals surface area contributed by atoms with Gasteiger partial charge in [0.15, 0.2) is 0 Å². The maximum absolute atomic E-state index is 8.45. The van der Waals surface area contributed by atoms with Gasteiger partial charge in [0.05, 0.1) is 12.7 Å². The molecule has 0 bridgehead atoms. The number of amidine groups is 1. The Morgan fingerprint density at radius 2 is 2.50 bits per heavy atom. The van der Waals surface area contributed by atoms with Crippen molar-refractivity contribution >= 4 is 5.84 Å². The van der Waals surface area contributed by atoms with Crippen LogP contribution in [-0.4, -0.2) is 47.8 Å². The third-order valence-electron chi connectivity index (χ3n) is 2.53. The van der Waals surface area contributed by atoms with Crippen LogP contribution in [0.2, 0.25) is 0 Å². The summed E-state index contributed by atoms with van der Waals surface area (Å²) in [5.74, 6) is 0.289. The zero-order valence-electron chi connectivity index (χ0n) is 8.81. The number of rotatable bonds is 3. The number of ether oxygens (including phenoxy) is 1. The highest BCUT2D eigenvalue weighted by Crippen LogP contribution is 2.10. The van der Waals surface area contributed by atoms with Gasteiger partial charge in [0.1, 0.15) is 5.84 Å². The summed E-state index contributed by atoms with van der Waals surface area (Å²) < 4.78 is 5.44. The molecule has 1 heterocycles. The summed E-state index contributed by atoms with van der Waals surface area (Å²) in [6.07, 6.45) is 0.877. The summed E-state index contributed by atoms with van der Waals surface area (Å²) in [5.41, 5.74) is 5.46. The molecule has 0 amide bonds. The van der Waals surface area contributed by atoms with Gasteiger partial charge in [-0.2, -0.15) is 0 Å². The maximum Gasteiger partial charge on any atom is 0.140 e. The van der Waals surface area contributed by atoms with E-state index in [0.29, 0.717) is 12.5 Å². The highest BCUT2D eigenvalue weighted by atomic mass is 16.5. The Bertz CT molecular complexity index is 208. The van der Waals surface area contributed by atoms with Gasteiger partial charge in [0.2, 0.25) is 0 Å². The second-order valence-corrected chi connectivity index (χ2v) is 3.82. The van der Waals surface area contributed by atoms with Gasteiger partial charge in [-0.3, -0.25) is 4.90 Å². The van der Waals surface area contributed by atoms with Crippen LogP contribution in [0.3, 0.4) is 0 Å². The van der Waals surface area contributed by atoms with Gasteiger partial charge in [-0.25, -0.2) is 0 Å². The molecule has 5 heteroatoms. The molecule has 3 N–H and O–H groups in total. The molecular formula is C9H19N3O2. The molecular weight excluding hydrogens is 182 g/mol. The van der Waals surface area contributed by atoms with Crippen molar-refractivity contribution < 1.29 is 9.94 Å². The van der Waals surface area contributed by atoms with Crippen molar-refractivity contribution in [3.8, 4) is 0 Å². The van der Waals surface area contributed by atoms with E-state index in [1.165, 1.54) is 0 Å². The van der Waals surface area contributed by atoms with Crippen LogP contribution >= 0.6 is 0 Å². The maximum atomic E-state index is 8.45. The molecule has 0 aromatic heterocycles. The van der Waals surface area contributed by atoms with E-state index in [4.69, 9.17) is 15.7 Å². The first-order chi connectivity index (χ1) is 6.63. The van der Waals surface area contributed by atoms with Crippen LogP contribution in [0.1, 0.15) is 20.3 Å². The third-order valence-corrected chi connectivity index (χ3v) is 2.53. The first-order valence-corrected chi connectivity index (χ1v) is 4.95. The van der Waals surface area contributed by atoms with Crippen molar-refractivity contribution in [1.29, 1.82) is 0 Å². The lowest BCUT2D eigenvalue weighted by atomic mass is 10.1.